The second-order valence-electron chi connectivity index (χ2n) is 11.3. The van der Waals surface area contributed by atoms with Crippen LogP contribution in [-0.2, 0) is 16.1 Å². The van der Waals surface area contributed by atoms with Gasteiger partial charge in [-0.25, -0.2) is 0 Å². The highest BCUT2D eigenvalue weighted by Crippen LogP contribution is 2.40. The fourth-order valence-corrected chi connectivity index (χ4v) is 5.62. The molecule has 4 aromatic rings. The van der Waals surface area contributed by atoms with Crippen LogP contribution in [0, 0.1) is 5.41 Å². The van der Waals surface area contributed by atoms with E-state index in [0.717, 1.165) is 22.9 Å². The lowest BCUT2D eigenvalue weighted by atomic mass is 9.90. The summed E-state index contributed by atoms with van der Waals surface area (Å²) in [7, 11) is 1.70. The third-order valence-corrected chi connectivity index (χ3v) is 8.10. The summed E-state index contributed by atoms with van der Waals surface area (Å²) in [5.41, 5.74) is 1.14. The van der Waals surface area contributed by atoms with E-state index in [1.807, 2.05) is 79.9 Å². The average Bonchev–Trinajstić information content (AvgIpc) is 3.08. The normalized spacial score (nSPS) is 15.3. The van der Waals surface area contributed by atoms with Crippen molar-refractivity contribution >= 4 is 34.0 Å². The second-order valence-corrected chi connectivity index (χ2v) is 11.3. The van der Waals surface area contributed by atoms with Crippen LogP contribution in [0.1, 0.15) is 45.3 Å². The molecule has 1 atom stereocenters. The standard InChI is InChI=1S/C34H39N5O4/c1-5-39-29-15-14-25(23-30(29)37(4)32(41)34(2,3)33(39)42)43-22-10-19-36-28(27-13-8-9-18-35-27)17-21-38-20-16-24-11-6-7-12-26(24)31(38)40/h6-9,11-16,18,20,23,28,36H,5,10,17,19,21-22H2,1-4H3. The summed E-state index contributed by atoms with van der Waals surface area (Å²) in [6.45, 7) is 7.42. The zero-order valence-corrected chi connectivity index (χ0v) is 25.2. The molecular formula is C34H39N5O4. The number of hydrogen-bond donors (Lipinski definition) is 1. The highest BCUT2D eigenvalue weighted by atomic mass is 16.5. The predicted octanol–water partition coefficient (Wildman–Crippen LogP) is 4.94. The number of aryl methyl sites for hydroxylation is 1. The Morgan fingerprint density at radius 1 is 0.953 bits per heavy atom. The van der Waals surface area contributed by atoms with Gasteiger partial charge in [-0.05, 0) is 81.9 Å². The minimum Gasteiger partial charge on any atom is -0.493 e. The molecule has 1 N–H and O–H groups in total. The molecule has 0 radical (unpaired) electrons. The highest BCUT2D eigenvalue weighted by Gasteiger charge is 2.45. The van der Waals surface area contributed by atoms with Crippen LogP contribution in [0.4, 0.5) is 11.4 Å². The summed E-state index contributed by atoms with van der Waals surface area (Å²) in [5, 5.41) is 5.25. The van der Waals surface area contributed by atoms with E-state index in [-0.39, 0.29) is 23.4 Å². The lowest BCUT2D eigenvalue weighted by Crippen LogP contribution is -2.47. The molecule has 9 heteroatoms. The molecule has 0 saturated carbocycles. The van der Waals surface area contributed by atoms with Crippen molar-refractivity contribution in [2.24, 2.45) is 5.41 Å². The zero-order chi connectivity index (χ0) is 30.6. The van der Waals surface area contributed by atoms with E-state index in [1.165, 1.54) is 0 Å². The van der Waals surface area contributed by atoms with E-state index < -0.39 is 5.41 Å². The quantitative estimate of drug-likeness (QED) is 0.199. The number of pyridine rings is 2. The zero-order valence-electron chi connectivity index (χ0n) is 25.2. The van der Waals surface area contributed by atoms with Crippen LogP contribution in [0.5, 0.6) is 5.75 Å². The molecule has 0 bridgehead atoms. The molecule has 1 unspecified atom stereocenters. The van der Waals surface area contributed by atoms with Crippen LogP contribution >= 0.6 is 0 Å². The Kier molecular flexibility index (Phi) is 8.92. The van der Waals surface area contributed by atoms with E-state index in [0.29, 0.717) is 49.8 Å². The van der Waals surface area contributed by atoms with Gasteiger partial charge in [0.1, 0.15) is 11.2 Å². The Labute approximate surface area is 252 Å². The van der Waals surface area contributed by atoms with Crippen molar-refractivity contribution in [1.29, 1.82) is 0 Å². The first-order valence-corrected chi connectivity index (χ1v) is 14.8. The SMILES string of the molecule is CCN1C(=O)C(C)(C)C(=O)N(C)c2cc(OCCCNC(CCn3ccc4ccccc4c3=O)c3ccccn3)ccc21. The van der Waals surface area contributed by atoms with E-state index in [1.54, 1.807) is 41.5 Å². The van der Waals surface area contributed by atoms with Crippen LogP contribution in [0.25, 0.3) is 10.8 Å². The maximum atomic E-state index is 13.1. The largest absolute Gasteiger partial charge is 0.493 e. The Balaban J connectivity index is 1.21. The van der Waals surface area contributed by atoms with Crippen molar-refractivity contribution in [3.63, 3.8) is 0 Å². The number of fused-ring (bicyclic) bond motifs is 2. The van der Waals surface area contributed by atoms with Gasteiger partial charge in [0.15, 0.2) is 0 Å². The number of nitrogens with zero attached hydrogens (tertiary/aromatic N) is 4. The molecule has 43 heavy (non-hydrogen) atoms. The summed E-state index contributed by atoms with van der Waals surface area (Å²) in [6.07, 6.45) is 5.07. The van der Waals surface area contributed by atoms with Crippen molar-refractivity contribution in [2.45, 2.75) is 46.2 Å². The smallest absolute Gasteiger partial charge is 0.258 e. The Morgan fingerprint density at radius 2 is 1.74 bits per heavy atom. The third kappa shape index (κ3) is 6.17. The lowest BCUT2D eigenvalue weighted by molar-refractivity contribution is -0.137. The molecule has 5 rings (SSSR count). The van der Waals surface area contributed by atoms with Crippen molar-refractivity contribution in [3.05, 3.63) is 95.2 Å². The van der Waals surface area contributed by atoms with Gasteiger partial charge in [-0.1, -0.05) is 24.3 Å². The van der Waals surface area contributed by atoms with Gasteiger partial charge in [-0.3, -0.25) is 19.4 Å². The number of nitrogens with one attached hydrogen (secondary N) is 1. The summed E-state index contributed by atoms with van der Waals surface area (Å²) < 4.78 is 7.84. The van der Waals surface area contributed by atoms with E-state index in [9.17, 15) is 14.4 Å². The van der Waals surface area contributed by atoms with Gasteiger partial charge in [0, 0.05) is 44.0 Å². The minimum atomic E-state index is -1.15. The molecule has 1 aliphatic rings. The van der Waals surface area contributed by atoms with Crippen LogP contribution < -0.4 is 25.4 Å². The van der Waals surface area contributed by atoms with Crippen LogP contribution in [0.15, 0.2) is 83.9 Å². The van der Waals surface area contributed by atoms with Crippen LogP contribution in [0.3, 0.4) is 0 Å². The van der Waals surface area contributed by atoms with Gasteiger partial charge in [0.25, 0.3) is 5.56 Å². The summed E-state index contributed by atoms with van der Waals surface area (Å²) in [4.78, 5) is 47.0. The molecule has 0 aliphatic carbocycles. The molecule has 0 saturated heterocycles. The Morgan fingerprint density at radius 3 is 2.51 bits per heavy atom. The predicted molar refractivity (Wildman–Crippen MR) is 170 cm³/mol. The van der Waals surface area contributed by atoms with Gasteiger partial charge in [-0.2, -0.15) is 0 Å². The number of hydrogen-bond acceptors (Lipinski definition) is 6. The van der Waals surface area contributed by atoms with E-state index in [2.05, 4.69) is 10.3 Å². The second kappa shape index (κ2) is 12.8. The number of carbonyl (C=O) groups is 2. The van der Waals surface area contributed by atoms with Gasteiger partial charge in [0.05, 0.1) is 29.7 Å². The number of rotatable bonds is 11. The fourth-order valence-electron chi connectivity index (χ4n) is 5.62. The lowest BCUT2D eigenvalue weighted by Gasteiger charge is -2.27. The average molecular weight is 582 g/mol. The maximum Gasteiger partial charge on any atom is 0.258 e. The van der Waals surface area contributed by atoms with Crippen molar-refractivity contribution < 1.29 is 14.3 Å². The van der Waals surface area contributed by atoms with E-state index >= 15 is 0 Å². The maximum absolute atomic E-state index is 13.1. The first kappa shape index (κ1) is 30.0. The summed E-state index contributed by atoms with van der Waals surface area (Å²) >= 11 is 0. The molecule has 224 valence electrons. The van der Waals surface area contributed by atoms with Crippen LogP contribution in [0.2, 0.25) is 0 Å². The summed E-state index contributed by atoms with van der Waals surface area (Å²) in [5.74, 6) is 0.180. The third-order valence-electron chi connectivity index (χ3n) is 8.10. The number of carbonyl (C=O) groups excluding carboxylic acids is 2. The van der Waals surface area contributed by atoms with Gasteiger partial charge in [-0.15, -0.1) is 0 Å². The molecule has 0 fully saturated rings. The number of aromatic nitrogens is 2. The van der Waals surface area contributed by atoms with Crippen molar-refractivity contribution in [2.75, 3.05) is 36.5 Å². The molecular weight excluding hydrogens is 542 g/mol. The minimum absolute atomic E-state index is 0.00866. The van der Waals surface area contributed by atoms with Crippen molar-refractivity contribution in [3.8, 4) is 5.75 Å². The first-order chi connectivity index (χ1) is 20.7. The molecule has 3 heterocycles. The topological polar surface area (TPSA) is 96.8 Å². The summed E-state index contributed by atoms with van der Waals surface area (Å²) in [6, 6.07) is 21.0. The first-order valence-electron chi connectivity index (χ1n) is 14.8. The van der Waals surface area contributed by atoms with Gasteiger partial charge in [0.2, 0.25) is 11.8 Å². The number of ether oxygens (including phenoxy) is 1. The Hall–Kier alpha value is -4.50. The van der Waals surface area contributed by atoms with Gasteiger partial charge < -0.3 is 24.4 Å². The monoisotopic (exact) mass is 581 g/mol. The molecule has 2 amide bonds. The van der Waals surface area contributed by atoms with E-state index in [4.69, 9.17) is 4.74 Å². The highest BCUT2D eigenvalue weighted by molar-refractivity contribution is 6.20. The molecule has 1 aliphatic heterocycles. The number of benzene rings is 2. The van der Waals surface area contributed by atoms with Crippen LogP contribution in [-0.4, -0.2) is 48.1 Å². The Bertz CT molecular complexity index is 1670. The number of amides is 2. The molecule has 2 aromatic carbocycles. The molecule has 2 aromatic heterocycles. The molecule has 9 nitrogen and oxygen atoms in total. The fraction of sp³-hybridized carbons (Fsp3) is 0.353. The molecule has 0 spiro atoms. The van der Waals surface area contributed by atoms with Gasteiger partial charge >= 0.3 is 0 Å². The number of anilines is 2. The van der Waals surface area contributed by atoms with Crippen molar-refractivity contribution in [1.82, 2.24) is 14.9 Å².